The van der Waals surface area contributed by atoms with Gasteiger partial charge in [0.25, 0.3) is 0 Å². The van der Waals surface area contributed by atoms with Gasteiger partial charge in [-0.2, -0.15) is 0 Å². The van der Waals surface area contributed by atoms with Crippen molar-refractivity contribution in [2.75, 3.05) is 5.73 Å². The fourth-order valence-corrected chi connectivity index (χ4v) is 1.43. The Kier molecular flexibility index (Phi) is 1.65. The van der Waals surface area contributed by atoms with Crippen LogP contribution in [0.2, 0.25) is 0 Å². The van der Waals surface area contributed by atoms with Gasteiger partial charge in [0.05, 0.1) is 0 Å². The summed E-state index contributed by atoms with van der Waals surface area (Å²) in [5.74, 6) is -0.326. The van der Waals surface area contributed by atoms with Gasteiger partial charge in [-0.05, 0) is 24.6 Å². The third kappa shape index (κ3) is 1.13. The number of fused-ring (bicyclic) bond motifs is 1. The summed E-state index contributed by atoms with van der Waals surface area (Å²) in [4.78, 5) is 3.95. The van der Waals surface area contributed by atoms with Crippen molar-refractivity contribution in [2.45, 2.75) is 6.92 Å². The first kappa shape index (κ1) is 7.98. The van der Waals surface area contributed by atoms with Crippen molar-refractivity contribution >= 4 is 16.6 Å². The molecule has 0 atom stereocenters. The molecule has 1 aromatic heterocycles. The molecule has 0 aliphatic heterocycles. The van der Waals surface area contributed by atoms with Crippen molar-refractivity contribution < 1.29 is 4.39 Å². The van der Waals surface area contributed by atoms with E-state index >= 15 is 0 Å². The van der Waals surface area contributed by atoms with Crippen molar-refractivity contribution in [3.8, 4) is 0 Å². The highest BCUT2D eigenvalue weighted by molar-refractivity contribution is 5.92. The number of hydrogen-bond donors (Lipinski definition) is 1. The van der Waals surface area contributed by atoms with E-state index in [9.17, 15) is 4.39 Å². The van der Waals surface area contributed by atoms with Gasteiger partial charge >= 0.3 is 0 Å². The summed E-state index contributed by atoms with van der Waals surface area (Å²) < 4.78 is 13.2. The van der Waals surface area contributed by atoms with Gasteiger partial charge < -0.3 is 5.73 Å². The normalized spacial score (nSPS) is 10.6. The molecule has 2 N–H and O–H groups in total. The fraction of sp³-hybridized carbons (Fsp3) is 0.100. The predicted octanol–water partition coefficient (Wildman–Crippen LogP) is 2.26. The highest BCUT2D eigenvalue weighted by atomic mass is 19.1. The minimum Gasteiger partial charge on any atom is -0.398 e. The van der Waals surface area contributed by atoms with Gasteiger partial charge in [-0.3, -0.25) is 4.98 Å². The number of aromatic nitrogens is 1. The second-order valence-electron chi connectivity index (χ2n) is 2.99. The standard InChI is InChI=1S/C10H9FN2/c1-6-2-3-7(11)10-9(6)8(12)4-5-13-10/h2-5H,1H3,(H2,12,13). The number of hydrogen-bond acceptors (Lipinski definition) is 2. The van der Waals surface area contributed by atoms with E-state index < -0.39 is 0 Å². The molecular formula is C10H9FN2. The Morgan fingerprint density at radius 1 is 1.31 bits per heavy atom. The van der Waals surface area contributed by atoms with Gasteiger partial charge in [-0.25, -0.2) is 4.39 Å². The molecule has 0 bridgehead atoms. The Morgan fingerprint density at radius 2 is 2.08 bits per heavy atom. The van der Waals surface area contributed by atoms with Gasteiger partial charge in [0.15, 0.2) is 0 Å². The number of pyridine rings is 1. The molecule has 13 heavy (non-hydrogen) atoms. The number of benzene rings is 1. The zero-order chi connectivity index (χ0) is 9.42. The lowest BCUT2D eigenvalue weighted by atomic mass is 10.1. The maximum atomic E-state index is 13.2. The van der Waals surface area contributed by atoms with Crippen LogP contribution in [0, 0.1) is 12.7 Å². The number of anilines is 1. The molecule has 1 heterocycles. The zero-order valence-electron chi connectivity index (χ0n) is 7.21. The van der Waals surface area contributed by atoms with Crippen LogP contribution in [0.5, 0.6) is 0 Å². The lowest BCUT2D eigenvalue weighted by molar-refractivity contribution is 0.636. The lowest BCUT2D eigenvalue weighted by Crippen LogP contribution is -1.93. The molecule has 0 aliphatic carbocycles. The van der Waals surface area contributed by atoms with E-state index in [0.29, 0.717) is 16.6 Å². The molecular weight excluding hydrogens is 167 g/mol. The summed E-state index contributed by atoms with van der Waals surface area (Å²) in [6.45, 7) is 1.89. The molecule has 0 unspecified atom stereocenters. The third-order valence-corrected chi connectivity index (χ3v) is 2.08. The molecule has 0 spiro atoms. The fourth-order valence-electron chi connectivity index (χ4n) is 1.43. The molecule has 0 saturated carbocycles. The maximum Gasteiger partial charge on any atom is 0.149 e. The first-order valence-corrected chi connectivity index (χ1v) is 3.99. The molecule has 1 aromatic carbocycles. The van der Waals surface area contributed by atoms with Crippen LogP contribution in [-0.2, 0) is 0 Å². The van der Waals surface area contributed by atoms with Gasteiger partial charge in [-0.1, -0.05) is 6.07 Å². The summed E-state index contributed by atoms with van der Waals surface area (Å²) in [5.41, 5.74) is 7.58. The first-order chi connectivity index (χ1) is 6.20. The summed E-state index contributed by atoms with van der Waals surface area (Å²) in [6, 6.07) is 4.79. The number of nitrogens with two attached hydrogens (primary N) is 1. The van der Waals surface area contributed by atoms with Crippen molar-refractivity contribution in [3.05, 3.63) is 35.8 Å². The highest BCUT2D eigenvalue weighted by Gasteiger charge is 2.06. The Bertz CT molecular complexity index is 457. The molecule has 3 heteroatoms. The average Bonchev–Trinajstić information content (AvgIpc) is 2.12. The van der Waals surface area contributed by atoms with Gasteiger partial charge in [0.1, 0.15) is 11.3 Å². The molecule has 66 valence electrons. The highest BCUT2D eigenvalue weighted by Crippen LogP contribution is 2.24. The number of halogens is 1. The quantitative estimate of drug-likeness (QED) is 0.668. The Hall–Kier alpha value is -1.64. The van der Waals surface area contributed by atoms with Crippen LogP contribution in [-0.4, -0.2) is 4.98 Å². The molecule has 2 aromatic rings. The second kappa shape index (κ2) is 2.69. The van der Waals surface area contributed by atoms with Crippen molar-refractivity contribution in [1.82, 2.24) is 4.98 Å². The third-order valence-electron chi connectivity index (χ3n) is 2.08. The first-order valence-electron chi connectivity index (χ1n) is 3.99. The average molecular weight is 176 g/mol. The van der Waals surface area contributed by atoms with Gasteiger partial charge in [-0.15, -0.1) is 0 Å². The van der Waals surface area contributed by atoms with E-state index in [0.717, 1.165) is 5.56 Å². The summed E-state index contributed by atoms with van der Waals surface area (Å²) >= 11 is 0. The largest absolute Gasteiger partial charge is 0.398 e. The monoisotopic (exact) mass is 176 g/mol. The van der Waals surface area contributed by atoms with Crippen molar-refractivity contribution in [3.63, 3.8) is 0 Å². The molecule has 0 amide bonds. The van der Waals surface area contributed by atoms with Crippen molar-refractivity contribution in [1.29, 1.82) is 0 Å². The number of nitrogens with zero attached hydrogens (tertiary/aromatic N) is 1. The van der Waals surface area contributed by atoms with Gasteiger partial charge in [0.2, 0.25) is 0 Å². The van der Waals surface area contributed by atoms with E-state index in [-0.39, 0.29) is 5.82 Å². The topological polar surface area (TPSA) is 38.9 Å². The van der Waals surface area contributed by atoms with E-state index in [1.54, 1.807) is 12.1 Å². The SMILES string of the molecule is Cc1ccc(F)c2nccc(N)c12. The Labute approximate surface area is 75.2 Å². The molecule has 2 rings (SSSR count). The van der Waals surface area contributed by atoms with E-state index in [2.05, 4.69) is 4.98 Å². The van der Waals surface area contributed by atoms with Crippen LogP contribution in [0.25, 0.3) is 10.9 Å². The predicted molar refractivity (Wildman–Crippen MR) is 50.9 cm³/mol. The summed E-state index contributed by atoms with van der Waals surface area (Å²) in [6.07, 6.45) is 1.51. The Morgan fingerprint density at radius 3 is 2.77 bits per heavy atom. The maximum absolute atomic E-state index is 13.2. The minimum absolute atomic E-state index is 0.326. The molecule has 0 saturated heterocycles. The number of aryl methyl sites for hydroxylation is 1. The molecule has 0 fully saturated rings. The second-order valence-corrected chi connectivity index (χ2v) is 2.99. The molecule has 0 radical (unpaired) electrons. The van der Waals surface area contributed by atoms with E-state index in [4.69, 9.17) is 5.73 Å². The van der Waals surface area contributed by atoms with Crippen LogP contribution in [0.1, 0.15) is 5.56 Å². The smallest absolute Gasteiger partial charge is 0.149 e. The summed E-state index contributed by atoms with van der Waals surface area (Å²) in [5, 5.41) is 0.711. The lowest BCUT2D eigenvalue weighted by Gasteiger charge is -2.04. The number of nitrogen functional groups attached to an aromatic ring is 1. The van der Waals surface area contributed by atoms with E-state index in [1.807, 2.05) is 6.92 Å². The number of rotatable bonds is 0. The van der Waals surface area contributed by atoms with Crippen molar-refractivity contribution in [2.24, 2.45) is 0 Å². The minimum atomic E-state index is -0.326. The molecule has 2 nitrogen and oxygen atoms in total. The van der Waals surface area contributed by atoms with Crippen LogP contribution in [0.3, 0.4) is 0 Å². The Balaban J connectivity index is 3.00. The van der Waals surface area contributed by atoms with E-state index in [1.165, 1.54) is 12.3 Å². The van der Waals surface area contributed by atoms with Crippen LogP contribution < -0.4 is 5.73 Å². The van der Waals surface area contributed by atoms with Gasteiger partial charge in [0, 0.05) is 17.3 Å². The van der Waals surface area contributed by atoms with Crippen LogP contribution in [0.4, 0.5) is 10.1 Å². The molecule has 0 aliphatic rings. The summed E-state index contributed by atoms with van der Waals surface area (Å²) in [7, 11) is 0. The van der Waals surface area contributed by atoms with Crippen LogP contribution >= 0.6 is 0 Å². The zero-order valence-corrected chi connectivity index (χ0v) is 7.21. The van der Waals surface area contributed by atoms with Crippen LogP contribution in [0.15, 0.2) is 24.4 Å².